The van der Waals surface area contributed by atoms with E-state index >= 15 is 0 Å². The molecule has 0 aliphatic carbocycles. The van der Waals surface area contributed by atoms with Crippen LogP contribution < -0.4 is 14.4 Å². The summed E-state index contributed by atoms with van der Waals surface area (Å²) in [4.78, 5) is 9.70. The van der Waals surface area contributed by atoms with Gasteiger partial charge in [0.1, 0.15) is 17.5 Å². The first-order chi connectivity index (χ1) is 19.2. The largest absolute Gasteiger partial charge is 0.497 e. The van der Waals surface area contributed by atoms with E-state index in [1.807, 2.05) is 35.0 Å². The Kier molecular flexibility index (Phi) is 7.38. The fourth-order valence-corrected chi connectivity index (χ4v) is 6.18. The molecule has 0 N–H and O–H groups in total. The highest BCUT2D eigenvalue weighted by Crippen LogP contribution is 2.37. The molecule has 6 rings (SSSR count). The van der Waals surface area contributed by atoms with Crippen LogP contribution in [0.5, 0.6) is 11.5 Å². The highest BCUT2D eigenvalue weighted by Gasteiger charge is 2.33. The quantitative estimate of drug-likeness (QED) is 0.271. The van der Waals surface area contributed by atoms with Crippen molar-refractivity contribution in [3.63, 3.8) is 0 Å². The third-order valence-electron chi connectivity index (χ3n) is 7.22. The van der Waals surface area contributed by atoms with Crippen LogP contribution in [0.4, 0.5) is 5.13 Å². The van der Waals surface area contributed by atoms with Crippen molar-refractivity contribution in [1.29, 1.82) is 0 Å². The highest BCUT2D eigenvalue weighted by molar-refractivity contribution is 7.22. The van der Waals surface area contributed by atoms with Gasteiger partial charge in [0.2, 0.25) is 0 Å². The first kappa shape index (κ1) is 25.3. The van der Waals surface area contributed by atoms with Gasteiger partial charge in [-0.05, 0) is 52.7 Å². The number of piperazine rings is 1. The fourth-order valence-electron chi connectivity index (χ4n) is 5.17. The van der Waals surface area contributed by atoms with Crippen molar-refractivity contribution in [1.82, 2.24) is 30.1 Å². The number of tetrazole rings is 1. The maximum Gasteiger partial charge on any atom is 0.186 e. The Labute approximate surface area is 231 Å². The molecule has 3 heterocycles. The Bertz CT molecular complexity index is 1500. The number of anilines is 1. The SMILES string of the molecule is COc1ccc(OC)c([C@H](c2nnnn2CCc2ccccc2)N2CCN(c3nc4ccccc4s3)CC2)c1. The summed E-state index contributed by atoms with van der Waals surface area (Å²) in [6.07, 6.45) is 0.840. The number of thiazole rings is 1. The maximum absolute atomic E-state index is 5.83. The van der Waals surface area contributed by atoms with Gasteiger partial charge in [0.05, 0.1) is 24.4 Å². The lowest BCUT2D eigenvalue weighted by molar-refractivity contribution is 0.197. The predicted molar refractivity (Wildman–Crippen MR) is 153 cm³/mol. The molecule has 10 heteroatoms. The molecular weight excluding hydrogens is 510 g/mol. The van der Waals surface area contributed by atoms with Gasteiger partial charge in [0.25, 0.3) is 0 Å². The first-order valence-electron chi connectivity index (χ1n) is 13.1. The van der Waals surface area contributed by atoms with E-state index in [4.69, 9.17) is 14.5 Å². The number of ether oxygens (including phenoxy) is 2. The van der Waals surface area contributed by atoms with Crippen LogP contribution in [0.2, 0.25) is 0 Å². The summed E-state index contributed by atoms with van der Waals surface area (Å²) in [6.45, 7) is 4.04. The summed E-state index contributed by atoms with van der Waals surface area (Å²) in [7, 11) is 3.38. The zero-order chi connectivity index (χ0) is 26.6. The summed E-state index contributed by atoms with van der Waals surface area (Å²) < 4.78 is 14.6. The Morgan fingerprint density at radius 3 is 2.46 bits per heavy atom. The van der Waals surface area contributed by atoms with E-state index in [0.717, 1.165) is 66.1 Å². The molecule has 0 spiro atoms. The lowest BCUT2D eigenvalue weighted by Crippen LogP contribution is -2.48. The zero-order valence-electron chi connectivity index (χ0n) is 22.1. The monoisotopic (exact) mass is 541 g/mol. The van der Waals surface area contributed by atoms with Gasteiger partial charge in [-0.3, -0.25) is 4.90 Å². The Morgan fingerprint density at radius 2 is 1.69 bits per heavy atom. The minimum atomic E-state index is -0.196. The van der Waals surface area contributed by atoms with Crippen LogP contribution in [0.3, 0.4) is 0 Å². The Balaban J connectivity index is 1.30. The lowest BCUT2D eigenvalue weighted by atomic mass is 10.0. The molecule has 1 atom stereocenters. The number of benzene rings is 3. The molecule has 0 unspecified atom stereocenters. The van der Waals surface area contributed by atoms with Gasteiger partial charge in [0.15, 0.2) is 11.0 Å². The van der Waals surface area contributed by atoms with E-state index in [-0.39, 0.29) is 6.04 Å². The van der Waals surface area contributed by atoms with Gasteiger partial charge in [0, 0.05) is 38.3 Å². The first-order valence-corrected chi connectivity index (χ1v) is 13.9. The molecule has 1 aliphatic rings. The number of aryl methyl sites for hydroxylation is 2. The Morgan fingerprint density at radius 1 is 0.897 bits per heavy atom. The molecule has 1 saturated heterocycles. The molecule has 0 radical (unpaired) electrons. The number of aromatic nitrogens is 5. The molecule has 0 bridgehead atoms. The number of para-hydroxylation sites is 1. The van der Waals surface area contributed by atoms with Gasteiger partial charge in [-0.1, -0.05) is 53.8 Å². The van der Waals surface area contributed by atoms with Crippen molar-refractivity contribution in [2.45, 2.75) is 19.0 Å². The number of hydrogen-bond donors (Lipinski definition) is 0. The molecule has 1 aliphatic heterocycles. The van der Waals surface area contributed by atoms with Crippen molar-refractivity contribution in [3.8, 4) is 11.5 Å². The summed E-state index contributed by atoms with van der Waals surface area (Å²) in [5, 5.41) is 14.1. The van der Waals surface area contributed by atoms with Crippen LogP contribution in [-0.2, 0) is 13.0 Å². The van der Waals surface area contributed by atoms with Crippen LogP contribution >= 0.6 is 11.3 Å². The third kappa shape index (κ3) is 5.30. The van der Waals surface area contributed by atoms with Crippen molar-refractivity contribution in [2.75, 3.05) is 45.3 Å². The van der Waals surface area contributed by atoms with Gasteiger partial charge >= 0.3 is 0 Å². The summed E-state index contributed by atoms with van der Waals surface area (Å²) in [5.41, 5.74) is 3.29. The predicted octanol–water partition coefficient (Wildman–Crippen LogP) is 4.45. The summed E-state index contributed by atoms with van der Waals surface area (Å²) in [6, 6.07) is 24.5. The van der Waals surface area contributed by atoms with Crippen LogP contribution in [0.1, 0.15) is 23.0 Å². The van der Waals surface area contributed by atoms with Crippen LogP contribution in [0.15, 0.2) is 72.8 Å². The standard InChI is InChI=1S/C29H31N7O2S/c1-37-22-12-13-25(38-2)23(20-22)27(28-31-32-33-36(28)15-14-21-8-4-3-5-9-21)34-16-18-35(19-17-34)29-30-24-10-6-7-11-26(24)39-29/h3-13,20,27H,14-19H2,1-2H3/t27-/m1/s1. The van der Waals surface area contributed by atoms with Crippen LogP contribution in [0.25, 0.3) is 10.2 Å². The minimum Gasteiger partial charge on any atom is -0.497 e. The summed E-state index contributed by atoms with van der Waals surface area (Å²) in [5.74, 6) is 2.35. The number of methoxy groups -OCH3 is 2. The second kappa shape index (κ2) is 11.4. The molecular formula is C29H31N7O2S. The van der Waals surface area contributed by atoms with Crippen molar-refractivity contribution in [3.05, 3.63) is 89.7 Å². The lowest BCUT2D eigenvalue weighted by Gasteiger charge is -2.39. The smallest absolute Gasteiger partial charge is 0.186 e. The van der Waals surface area contributed by atoms with E-state index in [1.165, 1.54) is 10.3 Å². The average molecular weight is 542 g/mol. The number of hydrogen-bond acceptors (Lipinski definition) is 9. The number of fused-ring (bicyclic) bond motifs is 1. The van der Waals surface area contributed by atoms with E-state index in [0.29, 0.717) is 6.54 Å². The molecule has 39 heavy (non-hydrogen) atoms. The Hall–Kier alpha value is -4.02. The topological polar surface area (TPSA) is 81.4 Å². The normalized spacial score (nSPS) is 15.0. The second-order valence-corrected chi connectivity index (χ2v) is 10.5. The van der Waals surface area contributed by atoms with E-state index in [2.05, 4.69) is 67.8 Å². The second-order valence-electron chi connectivity index (χ2n) is 9.49. The van der Waals surface area contributed by atoms with Crippen molar-refractivity contribution in [2.24, 2.45) is 0 Å². The zero-order valence-corrected chi connectivity index (χ0v) is 22.9. The molecule has 0 amide bonds. The minimum absolute atomic E-state index is 0.196. The van der Waals surface area contributed by atoms with Gasteiger partial charge in [-0.2, -0.15) is 0 Å². The molecule has 9 nitrogen and oxygen atoms in total. The highest BCUT2D eigenvalue weighted by atomic mass is 32.1. The molecule has 200 valence electrons. The van der Waals surface area contributed by atoms with Crippen LogP contribution in [0, 0.1) is 0 Å². The number of rotatable bonds is 9. The maximum atomic E-state index is 5.83. The van der Waals surface area contributed by atoms with E-state index in [9.17, 15) is 0 Å². The van der Waals surface area contributed by atoms with Gasteiger partial charge in [-0.15, -0.1) is 5.10 Å². The van der Waals surface area contributed by atoms with Gasteiger partial charge in [-0.25, -0.2) is 9.67 Å². The number of nitrogens with zero attached hydrogens (tertiary/aromatic N) is 7. The van der Waals surface area contributed by atoms with E-state index < -0.39 is 0 Å². The van der Waals surface area contributed by atoms with Crippen LogP contribution in [-0.4, -0.2) is 70.5 Å². The van der Waals surface area contributed by atoms with Crippen molar-refractivity contribution >= 4 is 26.7 Å². The molecule has 5 aromatic rings. The fraction of sp³-hybridized carbons (Fsp3) is 0.310. The molecule has 2 aromatic heterocycles. The average Bonchev–Trinajstić information content (AvgIpc) is 3.64. The summed E-state index contributed by atoms with van der Waals surface area (Å²) >= 11 is 1.75. The molecule has 3 aromatic carbocycles. The molecule has 1 fully saturated rings. The molecule has 0 saturated carbocycles. The van der Waals surface area contributed by atoms with Crippen molar-refractivity contribution < 1.29 is 9.47 Å². The third-order valence-corrected chi connectivity index (χ3v) is 8.32. The van der Waals surface area contributed by atoms with Gasteiger partial charge < -0.3 is 14.4 Å². The van der Waals surface area contributed by atoms with E-state index in [1.54, 1.807) is 25.6 Å².